The van der Waals surface area contributed by atoms with Gasteiger partial charge < -0.3 is 15.2 Å². The number of ether oxygens (including phenoxy) is 1. The zero-order valence-electron chi connectivity index (χ0n) is 8.68. The highest BCUT2D eigenvalue weighted by atomic mass is 16.5. The highest BCUT2D eigenvalue weighted by Crippen LogP contribution is 2.17. The van der Waals surface area contributed by atoms with Gasteiger partial charge in [0.15, 0.2) is 0 Å². The molecule has 1 aliphatic heterocycles. The van der Waals surface area contributed by atoms with Crippen molar-refractivity contribution in [2.45, 2.75) is 44.8 Å². The smallest absolute Gasteiger partial charge is 0.0645 e. The maximum atomic E-state index is 9.09. The average molecular weight is 187 g/mol. The number of nitrogens with one attached hydrogen (secondary N) is 1. The van der Waals surface area contributed by atoms with Crippen molar-refractivity contribution in [3.63, 3.8) is 0 Å². The summed E-state index contributed by atoms with van der Waals surface area (Å²) in [5, 5.41) is 12.5. The van der Waals surface area contributed by atoms with Crippen LogP contribution in [0.1, 0.15) is 33.1 Å². The van der Waals surface area contributed by atoms with Gasteiger partial charge in [-0.15, -0.1) is 0 Å². The number of hydrogen-bond donors (Lipinski definition) is 2. The fraction of sp³-hybridized carbons (Fsp3) is 1.00. The van der Waals surface area contributed by atoms with E-state index in [-0.39, 0.29) is 11.6 Å². The molecule has 0 bridgehead atoms. The van der Waals surface area contributed by atoms with Crippen molar-refractivity contribution in [3.8, 4) is 0 Å². The monoisotopic (exact) mass is 187 g/mol. The molecule has 0 spiro atoms. The lowest BCUT2D eigenvalue weighted by molar-refractivity contribution is 0.0271. The van der Waals surface area contributed by atoms with Crippen LogP contribution in [-0.4, -0.2) is 36.5 Å². The minimum atomic E-state index is -0.208. The molecule has 2 unspecified atom stereocenters. The Hall–Kier alpha value is -0.120. The highest BCUT2D eigenvalue weighted by Gasteiger charge is 2.26. The molecule has 13 heavy (non-hydrogen) atoms. The van der Waals surface area contributed by atoms with Gasteiger partial charge in [-0.25, -0.2) is 0 Å². The molecule has 2 N–H and O–H groups in total. The largest absolute Gasteiger partial charge is 0.393 e. The van der Waals surface area contributed by atoms with E-state index in [2.05, 4.69) is 12.2 Å². The molecule has 0 amide bonds. The second kappa shape index (κ2) is 4.94. The number of aliphatic hydroxyl groups excluding tert-OH is 1. The first kappa shape index (κ1) is 11.0. The average Bonchev–Trinajstić information content (AvgIpc) is 2.04. The lowest BCUT2D eigenvalue weighted by Gasteiger charge is -2.34. The topological polar surface area (TPSA) is 41.5 Å². The van der Waals surface area contributed by atoms with E-state index in [0.29, 0.717) is 0 Å². The molecule has 0 aliphatic carbocycles. The zero-order chi connectivity index (χ0) is 9.73. The van der Waals surface area contributed by atoms with Crippen LogP contribution >= 0.6 is 0 Å². The molecule has 3 heteroatoms. The van der Waals surface area contributed by atoms with Crippen molar-refractivity contribution in [2.75, 3.05) is 19.8 Å². The Balaban J connectivity index is 2.17. The Morgan fingerprint density at radius 1 is 1.62 bits per heavy atom. The van der Waals surface area contributed by atoms with Gasteiger partial charge in [-0.2, -0.15) is 0 Å². The quantitative estimate of drug-likeness (QED) is 0.687. The first-order valence-corrected chi connectivity index (χ1v) is 5.13. The van der Waals surface area contributed by atoms with Gasteiger partial charge in [-0.1, -0.05) is 0 Å². The summed E-state index contributed by atoms with van der Waals surface area (Å²) < 4.78 is 5.42. The van der Waals surface area contributed by atoms with Crippen LogP contribution in [0.3, 0.4) is 0 Å². The van der Waals surface area contributed by atoms with E-state index in [1.165, 1.54) is 6.42 Å². The van der Waals surface area contributed by atoms with Crippen LogP contribution < -0.4 is 5.32 Å². The molecule has 2 atom stereocenters. The standard InChI is InChI=1S/C10H21NO2/c1-9(12)4-6-11-10(2)5-3-7-13-8-10/h9,11-12H,3-8H2,1-2H3. The van der Waals surface area contributed by atoms with Crippen LogP contribution in [0, 0.1) is 0 Å². The molecule has 0 aromatic carbocycles. The summed E-state index contributed by atoms with van der Waals surface area (Å²) in [6.45, 7) is 6.58. The molecule has 0 radical (unpaired) electrons. The van der Waals surface area contributed by atoms with Gasteiger partial charge in [-0.05, 0) is 39.7 Å². The predicted octanol–water partition coefficient (Wildman–Crippen LogP) is 0.916. The second-order valence-electron chi connectivity index (χ2n) is 4.28. The third kappa shape index (κ3) is 4.07. The molecule has 1 heterocycles. The Bertz CT molecular complexity index is 142. The molecular formula is C10H21NO2. The Kier molecular flexibility index (Phi) is 4.16. The molecule has 0 aromatic rings. The summed E-state index contributed by atoms with van der Waals surface area (Å²) in [4.78, 5) is 0. The van der Waals surface area contributed by atoms with Crippen LogP contribution in [0.2, 0.25) is 0 Å². The van der Waals surface area contributed by atoms with E-state index in [0.717, 1.165) is 32.6 Å². The van der Waals surface area contributed by atoms with E-state index in [1.54, 1.807) is 0 Å². The first-order chi connectivity index (χ1) is 6.12. The second-order valence-corrected chi connectivity index (χ2v) is 4.28. The van der Waals surface area contributed by atoms with Gasteiger partial charge >= 0.3 is 0 Å². The number of rotatable bonds is 4. The lowest BCUT2D eigenvalue weighted by atomic mass is 9.95. The fourth-order valence-corrected chi connectivity index (χ4v) is 1.66. The molecular weight excluding hydrogens is 166 g/mol. The Labute approximate surface area is 80.5 Å². The number of aliphatic hydroxyl groups is 1. The van der Waals surface area contributed by atoms with E-state index in [4.69, 9.17) is 9.84 Å². The van der Waals surface area contributed by atoms with E-state index in [9.17, 15) is 0 Å². The van der Waals surface area contributed by atoms with Crippen LogP contribution in [-0.2, 0) is 4.74 Å². The van der Waals surface area contributed by atoms with Crippen molar-refractivity contribution < 1.29 is 9.84 Å². The minimum absolute atomic E-state index is 0.132. The van der Waals surface area contributed by atoms with Crippen LogP contribution in [0.15, 0.2) is 0 Å². The van der Waals surface area contributed by atoms with E-state index >= 15 is 0 Å². The highest BCUT2D eigenvalue weighted by molar-refractivity contribution is 4.85. The summed E-state index contributed by atoms with van der Waals surface area (Å²) in [5.74, 6) is 0. The van der Waals surface area contributed by atoms with Crippen molar-refractivity contribution in [1.29, 1.82) is 0 Å². The molecule has 1 rings (SSSR count). The normalized spacial score (nSPS) is 31.6. The molecule has 1 saturated heterocycles. The summed E-state index contributed by atoms with van der Waals surface area (Å²) in [5.41, 5.74) is 0.132. The first-order valence-electron chi connectivity index (χ1n) is 5.13. The van der Waals surface area contributed by atoms with Crippen LogP contribution in [0.25, 0.3) is 0 Å². The molecule has 0 saturated carbocycles. The van der Waals surface area contributed by atoms with Gasteiger partial charge in [0.05, 0.1) is 12.7 Å². The SMILES string of the molecule is CC(O)CCNC1(C)CCCOC1. The third-order valence-corrected chi connectivity index (χ3v) is 2.55. The van der Waals surface area contributed by atoms with Crippen LogP contribution in [0.4, 0.5) is 0 Å². The van der Waals surface area contributed by atoms with Gasteiger partial charge in [-0.3, -0.25) is 0 Å². The van der Waals surface area contributed by atoms with Gasteiger partial charge in [0, 0.05) is 12.1 Å². The summed E-state index contributed by atoms with van der Waals surface area (Å²) in [7, 11) is 0. The lowest BCUT2D eigenvalue weighted by Crippen LogP contribution is -2.49. The number of hydrogen-bond acceptors (Lipinski definition) is 3. The van der Waals surface area contributed by atoms with Gasteiger partial charge in [0.2, 0.25) is 0 Å². The van der Waals surface area contributed by atoms with Crippen LogP contribution in [0.5, 0.6) is 0 Å². The maximum Gasteiger partial charge on any atom is 0.0645 e. The Morgan fingerprint density at radius 2 is 2.38 bits per heavy atom. The Morgan fingerprint density at radius 3 is 2.92 bits per heavy atom. The molecule has 1 aliphatic rings. The van der Waals surface area contributed by atoms with E-state index < -0.39 is 0 Å². The molecule has 78 valence electrons. The maximum absolute atomic E-state index is 9.09. The third-order valence-electron chi connectivity index (χ3n) is 2.55. The van der Waals surface area contributed by atoms with E-state index in [1.807, 2.05) is 6.92 Å². The molecule has 3 nitrogen and oxygen atoms in total. The zero-order valence-corrected chi connectivity index (χ0v) is 8.68. The van der Waals surface area contributed by atoms with Crippen molar-refractivity contribution >= 4 is 0 Å². The minimum Gasteiger partial charge on any atom is -0.393 e. The van der Waals surface area contributed by atoms with Gasteiger partial charge in [0.1, 0.15) is 0 Å². The van der Waals surface area contributed by atoms with Gasteiger partial charge in [0.25, 0.3) is 0 Å². The summed E-state index contributed by atoms with van der Waals surface area (Å²) in [6.07, 6.45) is 2.92. The van der Waals surface area contributed by atoms with Crippen molar-refractivity contribution in [1.82, 2.24) is 5.32 Å². The van der Waals surface area contributed by atoms with Crippen molar-refractivity contribution in [3.05, 3.63) is 0 Å². The van der Waals surface area contributed by atoms with Crippen molar-refractivity contribution in [2.24, 2.45) is 0 Å². The summed E-state index contributed by atoms with van der Waals surface area (Å²) in [6, 6.07) is 0. The fourth-order valence-electron chi connectivity index (χ4n) is 1.66. The summed E-state index contributed by atoms with van der Waals surface area (Å²) >= 11 is 0. The molecule has 1 fully saturated rings. The predicted molar refractivity (Wildman–Crippen MR) is 52.8 cm³/mol. The molecule has 0 aromatic heterocycles.